The zero-order valence-electron chi connectivity index (χ0n) is 15.2. The first kappa shape index (κ1) is 17.7. The number of carbonyl (C=O) groups is 1. The molecule has 1 aromatic carbocycles. The van der Waals surface area contributed by atoms with Gasteiger partial charge in [0.1, 0.15) is 5.01 Å². The van der Waals surface area contributed by atoms with Crippen molar-refractivity contribution in [3.63, 3.8) is 0 Å². The van der Waals surface area contributed by atoms with Crippen molar-refractivity contribution in [2.45, 2.75) is 19.8 Å². The second kappa shape index (κ2) is 7.87. The van der Waals surface area contributed by atoms with E-state index in [9.17, 15) is 4.79 Å². The number of thiazole rings is 1. The average molecular weight is 383 g/mol. The van der Waals surface area contributed by atoms with Crippen LogP contribution in [0.5, 0.6) is 0 Å². The highest BCUT2D eigenvalue weighted by atomic mass is 32.1. The fourth-order valence-electron chi connectivity index (χ4n) is 3.03. The van der Waals surface area contributed by atoms with Gasteiger partial charge in [0, 0.05) is 43.5 Å². The van der Waals surface area contributed by atoms with Gasteiger partial charge in [-0.3, -0.25) is 4.79 Å². The second-order valence-corrected chi connectivity index (χ2v) is 7.24. The summed E-state index contributed by atoms with van der Waals surface area (Å²) in [6.07, 6.45) is 1.06. The van der Waals surface area contributed by atoms with Gasteiger partial charge in [0.2, 0.25) is 11.8 Å². The first-order valence-corrected chi connectivity index (χ1v) is 9.96. The zero-order valence-corrected chi connectivity index (χ0v) is 16.0. The number of carbonyl (C=O) groups excluding carboxylic acids is 1. The molecular formula is C19H21N5O2S. The molecule has 1 fully saturated rings. The molecule has 1 aliphatic heterocycles. The van der Waals surface area contributed by atoms with E-state index in [2.05, 4.69) is 15.2 Å². The van der Waals surface area contributed by atoms with Crippen LogP contribution in [0, 0.1) is 0 Å². The lowest BCUT2D eigenvalue weighted by atomic mass is 10.2. The van der Waals surface area contributed by atoms with Crippen LogP contribution in [0.4, 0.5) is 6.01 Å². The van der Waals surface area contributed by atoms with Crippen molar-refractivity contribution < 1.29 is 9.21 Å². The molecule has 1 aliphatic rings. The second-order valence-electron chi connectivity index (χ2n) is 6.39. The number of amides is 1. The lowest BCUT2D eigenvalue weighted by molar-refractivity contribution is -0.130. The van der Waals surface area contributed by atoms with Crippen molar-refractivity contribution in [2.24, 2.45) is 0 Å². The standard InChI is InChI=1S/C19H21N5O2S/c1-2-16-21-22-19(26-16)24-10-8-23(9-11-24)17(25)12-15-13-27-18(20-15)14-6-4-3-5-7-14/h3-7,13H,2,8-12H2,1H3. The summed E-state index contributed by atoms with van der Waals surface area (Å²) in [5.74, 6) is 0.751. The highest BCUT2D eigenvalue weighted by Crippen LogP contribution is 2.24. The molecule has 2 aromatic heterocycles. The van der Waals surface area contributed by atoms with Gasteiger partial charge in [0.25, 0.3) is 0 Å². The summed E-state index contributed by atoms with van der Waals surface area (Å²) in [5, 5.41) is 11.0. The molecule has 1 saturated heterocycles. The van der Waals surface area contributed by atoms with Crippen LogP contribution in [0.2, 0.25) is 0 Å². The van der Waals surface area contributed by atoms with Crippen molar-refractivity contribution in [3.05, 3.63) is 47.3 Å². The Kier molecular flexibility index (Phi) is 5.15. The summed E-state index contributed by atoms with van der Waals surface area (Å²) < 4.78 is 5.60. The first-order valence-electron chi connectivity index (χ1n) is 9.08. The number of anilines is 1. The molecular weight excluding hydrogens is 362 g/mol. The summed E-state index contributed by atoms with van der Waals surface area (Å²) in [4.78, 5) is 21.2. The molecule has 0 bridgehead atoms. The maximum atomic E-state index is 12.6. The van der Waals surface area contributed by atoms with Crippen molar-refractivity contribution in [2.75, 3.05) is 31.1 Å². The van der Waals surface area contributed by atoms with Crippen molar-refractivity contribution in [1.82, 2.24) is 20.1 Å². The number of benzene rings is 1. The predicted octanol–water partition coefficient (Wildman–Crippen LogP) is 2.65. The van der Waals surface area contributed by atoms with E-state index < -0.39 is 0 Å². The molecule has 1 amide bonds. The fraction of sp³-hybridized carbons (Fsp3) is 0.368. The normalized spacial score (nSPS) is 14.6. The summed E-state index contributed by atoms with van der Waals surface area (Å²) >= 11 is 1.58. The number of piperazine rings is 1. The molecule has 0 saturated carbocycles. The Morgan fingerprint density at radius 2 is 1.93 bits per heavy atom. The molecule has 4 rings (SSSR count). The molecule has 7 nitrogen and oxygen atoms in total. The molecule has 27 heavy (non-hydrogen) atoms. The lowest BCUT2D eigenvalue weighted by Gasteiger charge is -2.33. The van der Waals surface area contributed by atoms with Gasteiger partial charge < -0.3 is 14.2 Å². The fourth-order valence-corrected chi connectivity index (χ4v) is 3.86. The Hall–Kier alpha value is -2.74. The monoisotopic (exact) mass is 383 g/mol. The van der Waals surface area contributed by atoms with Crippen molar-refractivity contribution in [1.29, 1.82) is 0 Å². The molecule has 140 valence electrons. The molecule has 0 radical (unpaired) electrons. The molecule has 0 aliphatic carbocycles. The topological polar surface area (TPSA) is 75.4 Å². The van der Waals surface area contributed by atoms with Gasteiger partial charge in [-0.2, -0.15) is 0 Å². The first-order chi connectivity index (χ1) is 13.2. The third-order valence-electron chi connectivity index (χ3n) is 4.57. The minimum Gasteiger partial charge on any atom is -0.408 e. The number of hydrogen-bond acceptors (Lipinski definition) is 7. The van der Waals surface area contributed by atoms with Crippen molar-refractivity contribution >= 4 is 23.3 Å². The predicted molar refractivity (Wildman–Crippen MR) is 104 cm³/mol. The molecule has 0 spiro atoms. The number of nitrogens with zero attached hydrogens (tertiary/aromatic N) is 5. The third kappa shape index (κ3) is 4.00. The Morgan fingerprint density at radius 3 is 2.63 bits per heavy atom. The molecule has 0 unspecified atom stereocenters. The van der Waals surface area contributed by atoms with E-state index in [1.165, 1.54) is 0 Å². The summed E-state index contributed by atoms with van der Waals surface area (Å²) in [7, 11) is 0. The van der Waals surface area contributed by atoms with E-state index in [1.807, 2.05) is 52.4 Å². The zero-order chi connectivity index (χ0) is 18.6. The Bertz CT molecular complexity index is 900. The van der Waals surface area contributed by atoms with Gasteiger partial charge in [0.15, 0.2) is 0 Å². The SMILES string of the molecule is CCc1nnc(N2CCN(C(=O)Cc3csc(-c4ccccc4)n3)CC2)o1. The van der Waals surface area contributed by atoms with E-state index in [4.69, 9.17) is 4.42 Å². The third-order valence-corrected chi connectivity index (χ3v) is 5.51. The number of aromatic nitrogens is 3. The lowest BCUT2D eigenvalue weighted by Crippen LogP contribution is -2.49. The quantitative estimate of drug-likeness (QED) is 0.674. The number of aryl methyl sites for hydroxylation is 1. The van der Waals surface area contributed by atoms with Crippen LogP contribution in [-0.2, 0) is 17.6 Å². The molecule has 3 heterocycles. The van der Waals surface area contributed by atoms with Gasteiger partial charge in [-0.05, 0) is 0 Å². The molecule has 0 N–H and O–H groups in total. The van der Waals surface area contributed by atoms with E-state index >= 15 is 0 Å². The van der Waals surface area contributed by atoms with Crippen molar-refractivity contribution in [3.8, 4) is 10.6 Å². The molecule has 8 heteroatoms. The Labute approximate surface area is 161 Å². The van der Waals surface area contributed by atoms with E-state index in [1.54, 1.807) is 11.3 Å². The minimum absolute atomic E-state index is 0.110. The highest BCUT2D eigenvalue weighted by Gasteiger charge is 2.24. The largest absolute Gasteiger partial charge is 0.408 e. The molecule has 0 atom stereocenters. The maximum Gasteiger partial charge on any atom is 0.318 e. The maximum absolute atomic E-state index is 12.6. The number of hydrogen-bond donors (Lipinski definition) is 0. The Balaban J connectivity index is 1.33. The number of rotatable bonds is 5. The Morgan fingerprint density at radius 1 is 1.15 bits per heavy atom. The van der Waals surface area contributed by atoms with Crippen LogP contribution >= 0.6 is 11.3 Å². The summed E-state index contributed by atoms with van der Waals surface area (Å²) in [6, 6.07) is 10.6. The van der Waals surface area contributed by atoms with E-state index in [0.717, 1.165) is 22.7 Å². The van der Waals surface area contributed by atoms with Gasteiger partial charge in [-0.1, -0.05) is 42.4 Å². The van der Waals surface area contributed by atoms with E-state index in [0.29, 0.717) is 44.5 Å². The van der Waals surface area contributed by atoms with Gasteiger partial charge in [-0.25, -0.2) is 4.98 Å². The van der Waals surface area contributed by atoms with Crippen LogP contribution in [-0.4, -0.2) is 52.2 Å². The smallest absolute Gasteiger partial charge is 0.318 e. The molecule has 3 aromatic rings. The van der Waals surface area contributed by atoms with Crippen LogP contribution in [0.25, 0.3) is 10.6 Å². The summed E-state index contributed by atoms with van der Waals surface area (Å²) in [6.45, 7) is 4.68. The van der Waals surface area contributed by atoms with Crippen LogP contribution in [0.3, 0.4) is 0 Å². The average Bonchev–Trinajstić information content (AvgIpc) is 3.38. The van der Waals surface area contributed by atoms with Gasteiger partial charge in [-0.15, -0.1) is 16.4 Å². The van der Waals surface area contributed by atoms with E-state index in [-0.39, 0.29) is 5.91 Å². The van der Waals surface area contributed by atoms with Gasteiger partial charge in [0.05, 0.1) is 12.1 Å². The van der Waals surface area contributed by atoms with Crippen LogP contribution < -0.4 is 4.90 Å². The van der Waals surface area contributed by atoms with Gasteiger partial charge >= 0.3 is 6.01 Å². The minimum atomic E-state index is 0.110. The summed E-state index contributed by atoms with van der Waals surface area (Å²) in [5.41, 5.74) is 1.91. The van der Waals surface area contributed by atoms with Crippen LogP contribution in [0.15, 0.2) is 40.1 Å². The highest BCUT2D eigenvalue weighted by molar-refractivity contribution is 7.13. The van der Waals surface area contributed by atoms with Crippen LogP contribution in [0.1, 0.15) is 18.5 Å².